The molecular formula is C43H82N6O13. The largest absolute Gasteiger partial charge is 0.481 e. The van der Waals surface area contributed by atoms with Crippen molar-refractivity contribution in [3.8, 4) is 0 Å². The summed E-state index contributed by atoms with van der Waals surface area (Å²) < 4.78 is 21.2. The first-order chi connectivity index (χ1) is 30.0. The molecule has 0 aliphatic carbocycles. The second-order valence-corrected chi connectivity index (χ2v) is 15.3. The molecule has 10 N–H and O–H groups in total. The van der Waals surface area contributed by atoms with Gasteiger partial charge in [0.15, 0.2) is 6.29 Å². The molecule has 0 saturated carbocycles. The standard InChI is InChI=1S/C43H82N6O13/c44-33-39(52)45-23-24-46-40(53)34-61-31-30-60-28-26-48-41(54)35-62-32-29-59-27-25-47-37(50)22-21-36(43(57)58)49-38(51)19-17-15-13-11-9-7-5-3-1-2-4-6-8-10-12-14-16-18-20-42(55)56/h36,43,57-58H,1-35,44H2,(H,45,52)(H,46,53)(H,47,50)(H,48,54)(H,49,51)(H,55,56)/t36-/m0/s1. The predicted molar refractivity (Wildman–Crippen MR) is 234 cm³/mol. The minimum absolute atomic E-state index is 0.00141. The van der Waals surface area contributed by atoms with Crippen LogP contribution in [0.4, 0.5) is 0 Å². The smallest absolute Gasteiger partial charge is 0.303 e. The van der Waals surface area contributed by atoms with E-state index in [0.29, 0.717) is 12.8 Å². The molecule has 1 atom stereocenters. The number of carbonyl (C=O) groups excluding carboxylic acids is 5. The van der Waals surface area contributed by atoms with E-state index in [1.807, 2.05) is 0 Å². The second kappa shape index (κ2) is 44.2. The van der Waals surface area contributed by atoms with Crippen LogP contribution in [0.25, 0.3) is 0 Å². The van der Waals surface area contributed by atoms with E-state index < -0.39 is 18.3 Å². The fraction of sp³-hybridized carbons (Fsp3) is 0.860. The van der Waals surface area contributed by atoms with Gasteiger partial charge in [-0.25, -0.2) is 0 Å². The Morgan fingerprint density at radius 1 is 0.419 bits per heavy atom. The molecule has 0 bridgehead atoms. The highest BCUT2D eigenvalue weighted by Gasteiger charge is 2.20. The Balaban J connectivity index is 3.62. The second-order valence-electron chi connectivity index (χ2n) is 15.3. The molecule has 19 nitrogen and oxygen atoms in total. The zero-order valence-corrected chi connectivity index (χ0v) is 37.4. The summed E-state index contributed by atoms with van der Waals surface area (Å²) in [6, 6.07) is -0.942. The number of hydrogen-bond donors (Lipinski definition) is 9. The van der Waals surface area contributed by atoms with Gasteiger partial charge in [-0.2, -0.15) is 0 Å². The van der Waals surface area contributed by atoms with Gasteiger partial charge in [0.2, 0.25) is 29.5 Å². The number of amides is 5. The van der Waals surface area contributed by atoms with Gasteiger partial charge < -0.3 is 66.6 Å². The van der Waals surface area contributed by atoms with Gasteiger partial charge in [-0.05, 0) is 19.3 Å². The fourth-order valence-electron chi connectivity index (χ4n) is 6.21. The molecule has 362 valence electrons. The Morgan fingerprint density at radius 3 is 1.21 bits per heavy atom. The van der Waals surface area contributed by atoms with Crippen molar-refractivity contribution in [1.29, 1.82) is 0 Å². The summed E-state index contributed by atoms with van der Waals surface area (Å²) in [7, 11) is 0. The van der Waals surface area contributed by atoms with E-state index in [0.717, 1.165) is 44.9 Å². The molecule has 62 heavy (non-hydrogen) atoms. The Kier molecular flexibility index (Phi) is 41.7. The van der Waals surface area contributed by atoms with Crippen LogP contribution in [0.5, 0.6) is 0 Å². The van der Waals surface area contributed by atoms with Crippen LogP contribution in [0.2, 0.25) is 0 Å². The number of carboxylic acids is 1. The van der Waals surface area contributed by atoms with E-state index in [-0.39, 0.29) is 128 Å². The number of nitrogens with two attached hydrogens (primary N) is 1. The number of nitrogens with one attached hydrogen (secondary N) is 5. The molecule has 0 aromatic carbocycles. The van der Waals surface area contributed by atoms with Crippen molar-refractivity contribution in [2.24, 2.45) is 5.73 Å². The molecule has 0 radical (unpaired) electrons. The number of carbonyl (C=O) groups is 6. The van der Waals surface area contributed by atoms with Crippen LogP contribution in [0.15, 0.2) is 0 Å². The zero-order valence-electron chi connectivity index (χ0n) is 37.4. The average molecular weight is 891 g/mol. The predicted octanol–water partition coefficient (Wildman–Crippen LogP) is 1.94. The molecule has 0 heterocycles. The molecule has 5 amide bonds. The number of unbranched alkanes of at least 4 members (excludes halogenated alkanes) is 17. The minimum Gasteiger partial charge on any atom is -0.481 e. The molecular weight excluding hydrogens is 809 g/mol. The quantitative estimate of drug-likeness (QED) is 0.0312. The number of carboxylic acid groups (broad SMARTS) is 1. The van der Waals surface area contributed by atoms with Crippen molar-refractivity contribution >= 4 is 35.5 Å². The van der Waals surface area contributed by atoms with Crippen LogP contribution in [0, 0.1) is 0 Å². The number of aliphatic hydroxyl groups excluding tert-OH is 1. The number of hydrogen-bond acceptors (Lipinski definition) is 13. The molecule has 0 aliphatic heterocycles. The lowest BCUT2D eigenvalue weighted by Gasteiger charge is -2.20. The van der Waals surface area contributed by atoms with Crippen molar-refractivity contribution in [1.82, 2.24) is 26.6 Å². The third-order valence-electron chi connectivity index (χ3n) is 9.74. The van der Waals surface area contributed by atoms with E-state index in [1.165, 1.54) is 70.6 Å². The summed E-state index contributed by atoms with van der Waals surface area (Å²) >= 11 is 0. The zero-order chi connectivity index (χ0) is 45.7. The summed E-state index contributed by atoms with van der Waals surface area (Å²) in [5.74, 6) is -2.21. The molecule has 0 aromatic rings. The van der Waals surface area contributed by atoms with E-state index in [1.54, 1.807) is 0 Å². The summed E-state index contributed by atoms with van der Waals surface area (Å²) in [5, 5.41) is 41.2. The topological polar surface area (TPSA) is 286 Å². The van der Waals surface area contributed by atoms with Gasteiger partial charge in [-0.1, -0.05) is 103 Å². The Labute approximate surface area is 369 Å². The fourth-order valence-corrected chi connectivity index (χ4v) is 6.21. The molecule has 0 rings (SSSR count). The third-order valence-corrected chi connectivity index (χ3v) is 9.74. The van der Waals surface area contributed by atoms with Crippen molar-refractivity contribution in [3.63, 3.8) is 0 Å². The Bertz CT molecular complexity index is 1150. The first-order valence-electron chi connectivity index (χ1n) is 23.0. The maximum atomic E-state index is 12.4. The maximum Gasteiger partial charge on any atom is 0.303 e. The molecule has 0 aliphatic rings. The maximum absolute atomic E-state index is 12.4. The lowest BCUT2D eigenvalue weighted by atomic mass is 10.0. The van der Waals surface area contributed by atoms with Crippen LogP contribution in [0.1, 0.15) is 141 Å². The van der Waals surface area contributed by atoms with E-state index in [4.69, 9.17) is 29.8 Å². The van der Waals surface area contributed by atoms with Gasteiger partial charge in [-0.3, -0.25) is 28.8 Å². The van der Waals surface area contributed by atoms with Gasteiger partial charge in [0.25, 0.3) is 0 Å². The molecule has 0 aromatic heterocycles. The molecule has 0 unspecified atom stereocenters. The van der Waals surface area contributed by atoms with E-state index in [9.17, 15) is 39.0 Å². The minimum atomic E-state index is -1.78. The van der Waals surface area contributed by atoms with Gasteiger partial charge >= 0.3 is 5.97 Å². The van der Waals surface area contributed by atoms with Crippen LogP contribution < -0.4 is 32.3 Å². The number of aliphatic hydroxyl groups is 2. The van der Waals surface area contributed by atoms with Crippen LogP contribution >= 0.6 is 0 Å². The summed E-state index contributed by atoms with van der Waals surface area (Å²) in [5.41, 5.74) is 5.17. The third kappa shape index (κ3) is 43.2. The van der Waals surface area contributed by atoms with Gasteiger partial charge in [0, 0.05) is 45.4 Å². The lowest BCUT2D eigenvalue weighted by Crippen LogP contribution is -2.44. The summed E-state index contributed by atoms with van der Waals surface area (Å²) in [6.45, 7) is 1.92. The van der Waals surface area contributed by atoms with Crippen molar-refractivity contribution in [2.45, 2.75) is 154 Å². The van der Waals surface area contributed by atoms with E-state index >= 15 is 0 Å². The Morgan fingerprint density at radius 2 is 0.790 bits per heavy atom. The highest BCUT2D eigenvalue weighted by atomic mass is 16.5. The summed E-state index contributed by atoms with van der Waals surface area (Å²) in [6.07, 6.45) is 19.7. The van der Waals surface area contributed by atoms with Gasteiger partial charge in [-0.15, -0.1) is 0 Å². The van der Waals surface area contributed by atoms with Crippen LogP contribution in [-0.4, -0.2) is 149 Å². The normalized spacial score (nSPS) is 11.6. The van der Waals surface area contributed by atoms with Gasteiger partial charge in [0.1, 0.15) is 13.2 Å². The highest BCUT2D eigenvalue weighted by molar-refractivity contribution is 5.79. The number of ether oxygens (including phenoxy) is 4. The van der Waals surface area contributed by atoms with Crippen LogP contribution in [0.3, 0.4) is 0 Å². The average Bonchev–Trinajstić information content (AvgIpc) is 3.24. The first kappa shape index (κ1) is 58.5. The highest BCUT2D eigenvalue weighted by Crippen LogP contribution is 2.15. The lowest BCUT2D eigenvalue weighted by molar-refractivity contribution is -0.137. The van der Waals surface area contributed by atoms with Gasteiger partial charge in [0.05, 0.1) is 52.2 Å². The van der Waals surface area contributed by atoms with Crippen molar-refractivity contribution < 1.29 is 63.0 Å². The van der Waals surface area contributed by atoms with Crippen LogP contribution in [-0.2, 0) is 47.7 Å². The monoisotopic (exact) mass is 891 g/mol. The molecule has 19 heteroatoms. The molecule has 0 spiro atoms. The number of aliphatic carboxylic acids is 1. The van der Waals surface area contributed by atoms with E-state index in [2.05, 4.69) is 26.6 Å². The summed E-state index contributed by atoms with van der Waals surface area (Å²) in [4.78, 5) is 69.6. The first-order valence-corrected chi connectivity index (χ1v) is 23.0. The molecule has 0 saturated heterocycles. The van der Waals surface area contributed by atoms with Crippen molar-refractivity contribution in [3.05, 3.63) is 0 Å². The van der Waals surface area contributed by atoms with Crippen molar-refractivity contribution in [2.75, 3.05) is 85.6 Å². The SMILES string of the molecule is NCC(=O)NCCNC(=O)COCCOCCNC(=O)COCCOCCNC(=O)CC[C@H](NC(=O)CCCCCCCCCCCCCCCCCCCCC(=O)O)C(O)O. The molecule has 0 fully saturated rings. The number of rotatable bonds is 46. The Hall–Kier alpha value is -3.46.